The van der Waals surface area contributed by atoms with E-state index >= 15 is 0 Å². The van der Waals surface area contributed by atoms with Crippen LogP contribution in [0.25, 0.3) is 0 Å². The fourth-order valence-electron chi connectivity index (χ4n) is 4.90. The lowest BCUT2D eigenvalue weighted by molar-refractivity contribution is -0.133. The summed E-state index contributed by atoms with van der Waals surface area (Å²) in [7, 11) is 2.18. The van der Waals surface area contributed by atoms with Gasteiger partial charge in [0, 0.05) is 55.8 Å². The first-order chi connectivity index (χ1) is 16.1. The number of piperidine rings is 1. The largest absolute Gasteiger partial charge is 0.385 e. The van der Waals surface area contributed by atoms with Crippen molar-refractivity contribution < 1.29 is 4.79 Å². The minimum atomic E-state index is 0.300. The van der Waals surface area contributed by atoms with Crippen molar-refractivity contribution in [1.82, 2.24) is 14.7 Å². The summed E-state index contributed by atoms with van der Waals surface area (Å²) < 4.78 is 1.06. The lowest BCUT2D eigenvalue weighted by atomic mass is 9.93. The third kappa shape index (κ3) is 7.29. The van der Waals surface area contributed by atoms with Crippen LogP contribution in [0.15, 0.2) is 53.0 Å². The molecule has 6 heteroatoms. The molecule has 0 saturated carbocycles. The minimum absolute atomic E-state index is 0.300. The normalized spacial score (nSPS) is 19.4. The van der Waals surface area contributed by atoms with Gasteiger partial charge >= 0.3 is 0 Å². The molecule has 2 aromatic carbocycles. The Hall–Kier alpha value is -1.89. The summed E-state index contributed by atoms with van der Waals surface area (Å²) in [5, 5.41) is 3.63. The van der Waals surface area contributed by atoms with Crippen LogP contribution in [0.4, 0.5) is 5.69 Å². The standard InChI is InChI=1S/C27H37BrN4O/c1-30-14-10-22(11-15-30)18-27(33)32-17-16-31(20-23-6-3-2-4-7-23)13-5-12-29-26-9-8-25(28)19-24(26)21-32/h2-4,6-9,19,22,29H,5,10-18,20-21H2,1H3. The summed E-state index contributed by atoms with van der Waals surface area (Å²) in [4.78, 5) is 20.5. The van der Waals surface area contributed by atoms with E-state index in [1.165, 1.54) is 11.1 Å². The van der Waals surface area contributed by atoms with Crippen molar-refractivity contribution in [2.75, 3.05) is 51.6 Å². The van der Waals surface area contributed by atoms with E-state index in [1.807, 2.05) is 0 Å². The zero-order valence-corrected chi connectivity index (χ0v) is 21.4. The highest BCUT2D eigenvalue weighted by molar-refractivity contribution is 9.10. The fourth-order valence-corrected chi connectivity index (χ4v) is 5.31. The zero-order chi connectivity index (χ0) is 23.0. The van der Waals surface area contributed by atoms with Crippen LogP contribution >= 0.6 is 15.9 Å². The van der Waals surface area contributed by atoms with E-state index in [0.29, 0.717) is 24.8 Å². The highest BCUT2D eigenvalue weighted by Crippen LogP contribution is 2.25. The Bertz CT molecular complexity index is 898. The van der Waals surface area contributed by atoms with Crippen LogP contribution in [-0.4, -0.2) is 66.9 Å². The predicted octanol–water partition coefficient (Wildman–Crippen LogP) is 4.83. The van der Waals surface area contributed by atoms with E-state index in [0.717, 1.165) is 75.2 Å². The van der Waals surface area contributed by atoms with Gasteiger partial charge in [0.1, 0.15) is 0 Å². The van der Waals surface area contributed by atoms with Crippen LogP contribution in [0.5, 0.6) is 0 Å². The molecule has 5 nitrogen and oxygen atoms in total. The molecule has 1 N–H and O–H groups in total. The van der Waals surface area contributed by atoms with Crippen molar-refractivity contribution in [3.63, 3.8) is 0 Å². The number of halogens is 1. The first kappa shape index (κ1) is 24.2. The molecule has 1 amide bonds. The van der Waals surface area contributed by atoms with Crippen molar-refractivity contribution in [2.24, 2.45) is 5.92 Å². The Labute approximate surface area is 207 Å². The molecule has 2 heterocycles. The van der Waals surface area contributed by atoms with Gasteiger partial charge in [-0.25, -0.2) is 0 Å². The Morgan fingerprint density at radius 2 is 1.82 bits per heavy atom. The van der Waals surface area contributed by atoms with Crippen molar-refractivity contribution >= 4 is 27.5 Å². The summed E-state index contributed by atoms with van der Waals surface area (Å²) in [5.41, 5.74) is 3.67. The van der Waals surface area contributed by atoms with E-state index < -0.39 is 0 Å². The van der Waals surface area contributed by atoms with Gasteiger partial charge in [0.05, 0.1) is 0 Å². The number of amides is 1. The van der Waals surface area contributed by atoms with Gasteiger partial charge in [0.2, 0.25) is 5.91 Å². The number of fused-ring (bicyclic) bond motifs is 1. The summed E-state index contributed by atoms with van der Waals surface area (Å²) >= 11 is 3.63. The second-order valence-corrected chi connectivity index (χ2v) is 10.5. The first-order valence-corrected chi connectivity index (χ1v) is 13.1. The zero-order valence-electron chi connectivity index (χ0n) is 19.8. The summed E-state index contributed by atoms with van der Waals surface area (Å²) in [5.74, 6) is 0.807. The Morgan fingerprint density at radius 1 is 1.03 bits per heavy atom. The maximum Gasteiger partial charge on any atom is 0.223 e. The van der Waals surface area contributed by atoms with Gasteiger partial charge in [0.25, 0.3) is 0 Å². The molecular weight excluding hydrogens is 476 g/mol. The van der Waals surface area contributed by atoms with Crippen LogP contribution in [-0.2, 0) is 17.9 Å². The van der Waals surface area contributed by atoms with Gasteiger partial charge in [-0.2, -0.15) is 0 Å². The van der Waals surface area contributed by atoms with Gasteiger partial charge in [-0.1, -0.05) is 46.3 Å². The van der Waals surface area contributed by atoms with Crippen LogP contribution in [0.2, 0.25) is 0 Å². The van der Waals surface area contributed by atoms with Crippen molar-refractivity contribution in [2.45, 2.75) is 38.8 Å². The molecular formula is C27H37BrN4O. The molecule has 1 fully saturated rings. The number of nitrogens with zero attached hydrogens (tertiary/aromatic N) is 3. The molecule has 2 aliphatic heterocycles. The average molecular weight is 514 g/mol. The molecule has 4 rings (SSSR count). The van der Waals surface area contributed by atoms with Gasteiger partial charge in [-0.3, -0.25) is 9.69 Å². The van der Waals surface area contributed by atoms with Gasteiger partial charge in [-0.15, -0.1) is 0 Å². The number of benzene rings is 2. The number of hydrogen-bond donors (Lipinski definition) is 1. The number of rotatable bonds is 4. The smallest absolute Gasteiger partial charge is 0.223 e. The Kier molecular flexibility index (Phi) is 8.82. The van der Waals surface area contributed by atoms with Crippen molar-refractivity contribution in [3.8, 4) is 0 Å². The molecule has 33 heavy (non-hydrogen) atoms. The lowest BCUT2D eigenvalue weighted by Gasteiger charge is -2.32. The summed E-state index contributed by atoms with van der Waals surface area (Å²) in [6, 6.07) is 17.1. The maximum atomic E-state index is 13.5. The third-order valence-electron chi connectivity index (χ3n) is 6.98. The van der Waals surface area contributed by atoms with Crippen LogP contribution < -0.4 is 5.32 Å². The third-order valence-corrected chi connectivity index (χ3v) is 7.48. The van der Waals surface area contributed by atoms with E-state index in [1.54, 1.807) is 0 Å². The fraction of sp³-hybridized carbons (Fsp3) is 0.519. The molecule has 2 aliphatic rings. The molecule has 0 radical (unpaired) electrons. The molecule has 1 saturated heterocycles. The Morgan fingerprint density at radius 3 is 2.61 bits per heavy atom. The molecule has 0 aromatic heterocycles. The van der Waals surface area contributed by atoms with Gasteiger partial charge in [-0.05, 0) is 74.6 Å². The number of anilines is 1. The maximum absolute atomic E-state index is 13.5. The first-order valence-electron chi connectivity index (χ1n) is 12.3. The van der Waals surface area contributed by atoms with Crippen LogP contribution in [0, 0.1) is 5.92 Å². The molecule has 2 aromatic rings. The van der Waals surface area contributed by atoms with Crippen LogP contribution in [0.3, 0.4) is 0 Å². The molecule has 0 aliphatic carbocycles. The van der Waals surface area contributed by atoms with Gasteiger partial charge < -0.3 is 15.1 Å². The predicted molar refractivity (Wildman–Crippen MR) is 139 cm³/mol. The lowest BCUT2D eigenvalue weighted by Crippen LogP contribution is -2.40. The minimum Gasteiger partial charge on any atom is -0.385 e. The van der Waals surface area contributed by atoms with Crippen molar-refractivity contribution in [3.05, 3.63) is 64.1 Å². The number of carbonyl (C=O) groups excluding carboxylic acids is 1. The Balaban J connectivity index is 1.49. The second kappa shape index (κ2) is 12.0. The number of nitrogens with one attached hydrogen (secondary N) is 1. The molecule has 0 atom stereocenters. The molecule has 0 spiro atoms. The molecule has 0 unspecified atom stereocenters. The summed E-state index contributed by atoms with van der Waals surface area (Å²) in [6.45, 7) is 7.41. The van der Waals surface area contributed by atoms with E-state index in [-0.39, 0.29) is 0 Å². The highest BCUT2D eigenvalue weighted by atomic mass is 79.9. The number of carbonyl (C=O) groups is 1. The summed E-state index contributed by atoms with van der Waals surface area (Å²) in [6.07, 6.45) is 4.00. The highest BCUT2D eigenvalue weighted by Gasteiger charge is 2.24. The van der Waals surface area contributed by atoms with Crippen molar-refractivity contribution in [1.29, 1.82) is 0 Å². The molecule has 178 valence electrons. The monoisotopic (exact) mass is 512 g/mol. The SMILES string of the molecule is CN1CCC(CC(=O)N2CCN(Cc3ccccc3)CCCNc3ccc(Br)cc3C2)CC1. The topological polar surface area (TPSA) is 38.8 Å². The van der Waals surface area contributed by atoms with E-state index in [4.69, 9.17) is 0 Å². The van der Waals surface area contributed by atoms with Gasteiger partial charge in [0.15, 0.2) is 0 Å². The number of hydrogen-bond acceptors (Lipinski definition) is 4. The average Bonchev–Trinajstić information content (AvgIpc) is 2.85. The van der Waals surface area contributed by atoms with E-state index in [9.17, 15) is 4.79 Å². The quantitative estimate of drug-likeness (QED) is 0.636. The van der Waals surface area contributed by atoms with E-state index in [2.05, 4.69) is 91.5 Å². The molecule has 0 bridgehead atoms. The second-order valence-electron chi connectivity index (χ2n) is 9.61. The number of likely N-dealkylation sites (tertiary alicyclic amines) is 1. The van der Waals surface area contributed by atoms with Crippen LogP contribution in [0.1, 0.15) is 36.8 Å².